The second-order valence-corrected chi connectivity index (χ2v) is 6.04. The Morgan fingerprint density at radius 1 is 0.917 bits per heavy atom. The van der Waals surface area contributed by atoms with Crippen molar-refractivity contribution >= 4 is 5.91 Å². The number of furan rings is 1. The molecule has 122 valence electrons. The van der Waals surface area contributed by atoms with Gasteiger partial charge in [0.15, 0.2) is 0 Å². The van der Waals surface area contributed by atoms with E-state index in [0.717, 1.165) is 22.5 Å². The molecule has 0 aliphatic heterocycles. The SMILES string of the molecule is Cc1ccc(CN(Cc2ccco2)C(=O)c2ccccc2C)cc1. The highest BCUT2D eigenvalue weighted by atomic mass is 16.3. The van der Waals surface area contributed by atoms with Gasteiger partial charge in [-0.3, -0.25) is 4.79 Å². The Bertz CT molecular complexity index is 804. The van der Waals surface area contributed by atoms with Crippen LogP contribution in [0, 0.1) is 13.8 Å². The van der Waals surface area contributed by atoms with Crippen LogP contribution in [0.4, 0.5) is 0 Å². The van der Waals surface area contributed by atoms with Crippen LogP contribution in [0.15, 0.2) is 71.3 Å². The Morgan fingerprint density at radius 3 is 2.33 bits per heavy atom. The van der Waals surface area contributed by atoms with Crippen molar-refractivity contribution in [3.8, 4) is 0 Å². The minimum absolute atomic E-state index is 0.0186. The number of rotatable bonds is 5. The number of carbonyl (C=O) groups is 1. The van der Waals surface area contributed by atoms with Gasteiger partial charge in [0.1, 0.15) is 5.76 Å². The topological polar surface area (TPSA) is 33.5 Å². The van der Waals surface area contributed by atoms with Gasteiger partial charge in [-0.2, -0.15) is 0 Å². The molecule has 0 bridgehead atoms. The maximum absolute atomic E-state index is 13.0. The summed E-state index contributed by atoms with van der Waals surface area (Å²) in [7, 11) is 0. The normalized spacial score (nSPS) is 10.6. The number of aryl methyl sites for hydroxylation is 2. The molecule has 3 aromatic rings. The number of hydrogen-bond donors (Lipinski definition) is 0. The lowest BCUT2D eigenvalue weighted by molar-refractivity contribution is 0.0717. The summed E-state index contributed by atoms with van der Waals surface area (Å²) < 4.78 is 5.44. The third-order valence-electron chi connectivity index (χ3n) is 4.08. The average molecular weight is 319 g/mol. The van der Waals surface area contributed by atoms with E-state index in [1.54, 1.807) is 6.26 Å². The highest BCUT2D eigenvalue weighted by Gasteiger charge is 2.19. The number of benzene rings is 2. The molecule has 0 aliphatic carbocycles. The van der Waals surface area contributed by atoms with E-state index in [0.29, 0.717) is 13.1 Å². The Kier molecular flexibility index (Phi) is 4.80. The van der Waals surface area contributed by atoms with Crippen LogP contribution in [0.5, 0.6) is 0 Å². The maximum Gasteiger partial charge on any atom is 0.254 e. The zero-order valence-electron chi connectivity index (χ0n) is 14.0. The minimum Gasteiger partial charge on any atom is -0.467 e. The number of amides is 1. The summed E-state index contributed by atoms with van der Waals surface area (Å²) in [5.74, 6) is 0.800. The average Bonchev–Trinajstić information content (AvgIpc) is 3.09. The number of hydrogen-bond acceptors (Lipinski definition) is 2. The van der Waals surface area contributed by atoms with E-state index in [-0.39, 0.29) is 5.91 Å². The third kappa shape index (κ3) is 3.74. The van der Waals surface area contributed by atoms with Gasteiger partial charge in [-0.25, -0.2) is 0 Å². The quantitative estimate of drug-likeness (QED) is 0.680. The summed E-state index contributed by atoms with van der Waals surface area (Å²) in [6.07, 6.45) is 1.64. The van der Waals surface area contributed by atoms with Gasteiger partial charge in [0.05, 0.1) is 12.8 Å². The smallest absolute Gasteiger partial charge is 0.254 e. The second kappa shape index (κ2) is 7.18. The van der Waals surface area contributed by atoms with E-state index in [9.17, 15) is 4.79 Å². The van der Waals surface area contributed by atoms with Gasteiger partial charge in [0.2, 0.25) is 0 Å². The monoisotopic (exact) mass is 319 g/mol. The largest absolute Gasteiger partial charge is 0.467 e. The van der Waals surface area contributed by atoms with E-state index in [1.807, 2.05) is 48.2 Å². The summed E-state index contributed by atoms with van der Waals surface area (Å²) in [5, 5.41) is 0. The van der Waals surface area contributed by atoms with E-state index in [2.05, 4.69) is 31.2 Å². The van der Waals surface area contributed by atoms with Crippen LogP contribution in [0.1, 0.15) is 32.8 Å². The van der Waals surface area contributed by atoms with Gasteiger partial charge >= 0.3 is 0 Å². The summed E-state index contributed by atoms with van der Waals surface area (Å²) in [6, 6.07) is 19.7. The molecule has 1 heterocycles. The number of carbonyl (C=O) groups excluding carboxylic acids is 1. The first-order chi connectivity index (χ1) is 11.6. The molecule has 24 heavy (non-hydrogen) atoms. The molecule has 2 aromatic carbocycles. The Labute approximate surface area is 142 Å². The molecular weight excluding hydrogens is 298 g/mol. The zero-order chi connectivity index (χ0) is 16.9. The van der Waals surface area contributed by atoms with Gasteiger partial charge in [-0.05, 0) is 43.2 Å². The molecule has 3 rings (SSSR count). The summed E-state index contributed by atoms with van der Waals surface area (Å²) in [5.41, 5.74) is 4.03. The molecule has 1 aromatic heterocycles. The van der Waals surface area contributed by atoms with Crippen molar-refractivity contribution in [3.63, 3.8) is 0 Å². The van der Waals surface area contributed by atoms with Crippen LogP contribution < -0.4 is 0 Å². The highest BCUT2D eigenvalue weighted by Crippen LogP contribution is 2.17. The minimum atomic E-state index is 0.0186. The van der Waals surface area contributed by atoms with Crippen molar-refractivity contribution in [2.75, 3.05) is 0 Å². The molecule has 0 fully saturated rings. The summed E-state index contributed by atoms with van der Waals surface area (Å²) in [4.78, 5) is 14.9. The van der Waals surface area contributed by atoms with Gasteiger partial charge in [0.25, 0.3) is 5.91 Å². The highest BCUT2D eigenvalue weighted by molar-refractivity contribution is 5.95. The van der Waals surface area contributed by atoms with Gasteiger partial charge in [-0.1, -0.05) is 48.0 Å². The fraction of sp³-hybridized carbons (Fsp3) is 0.190. The first-order valence-electron chi connectivity index (χ1n) is 8.06. The first kappa shape index (κ1) is 16.1. The predicted octanol–water partition coefficient (Wildman–Crippen LogP) is 4.74. The van der Waals surface area contributed by atoms with Crippen LogP contribution in [-0.4, -0.2) is 10.8 Å². The molecule has 0 aliphatic rings. The zero-order valence-corrected chi connectivity index (χ0v) is 14.0. The molecular formula is C21H21NO2. The van der Waals surface area contributed by atoms with E-state index in [1.165, 1.54) is 5.56 Å². The van der Waals surface area contributed by atoms with E-state index in [4.69, 9.17) is 4.42 Å². The Hall–Kier alpha value is -2.81. The molecule has 0 spiro atoms. The van der Waals surface area contributed by atoms with Crippen molar-refractivity contribution in [2.45, 2.75) is 26.9 Å². The fourth-order valence-electron chi connectivity index (χ4n) is 2.69. The molecule has 0 atom stereocenters. The van der Waals surface area contributed by atoms with E-state index >= 15 is 0 Å². The van der Waals surface area contributed by atoms with Crippen LogP contribution in [0.25, 0.3) is 0 Å². The summed E-state index contributed by atoms with van der Waals surface area (Å²) in [6.45, 7) is 5.02. The molecule has 1 amide bonds. The molecule has 0 N–H and O–H groups in total. The lowest BCUT2D eigenvalue weighted by atomic mass is 10.1. The van der Waals surface area contributed by atoms with Crippen LogP contribution >= 0.6 is 0 Å². The first-order valence-corrected chi connectivity index (χ1v) is 8.06. The van der Waals surface area contributed by atoms with Crippen molar-refractivity contribution in [1.82, 2.24) is 4.90 Å². The third-order valence-corrected chi connectivity index (χ3v) is 4.08. The standard InChI is InChI=1S/C21H21NO2/c1-16-9-11-18(12-10-16)14-22(15-19-7-5-13-24-19)21(23)20-8-4-3-6-17(20)2/h3-13H,14-15H2,1-2H3. The Morgan fingerprint density at radius 2 is 1.67 bits per heavy atom. The van der Waals surface area contributed by atoms with Crippen molar-refractivity contribution in [2.24, 2.45) is 0 Å². The maximum atomic E-state index is 13.0. The molecule has 0 saturated carbocycles. The summed E-state index contributed by atoms with van der Waals surface area (Å²) >= 11 is 0. The van der Waals surface area contributed by atoms with Gasteiger partial charge in [-0.15, -0.1) is 0 Å². The van der Waals surface area contributed by atoms with E-state index < -0.39 is 0 Å². The van der Waals surface area contributed by atoms with Gasteiger partial charge < -0.3 is 9.32 Å². The molecule has 0 saturated heterocycles. The van der Waals surface area contributed by atoms with Crippen molar-refractivity contribution in [3.05, 3.63) is 94.9 Å². The van der Waals surface area contributed by atoms with Crippen molar-refractivity contribution in [1.29, 1.82) is 0 Å². The van der Waals surface area contributed by atoms with Gasteiger partial charge in [0, 0.05) is 12.1 Å². The predicted molar refractivity (Wildman–Crippen MR) is 94.6 cm³/mol. The van der Waals surface area contributed by atoms with Crippen LogP contribution in [0.3, 0.4) is 0 Å². The van der Waals surface area contributed by atoms with Crippen molar-refractivity contribution < 1.29 is 9.21 Å². The molecule has 0 unspecified atom stereocenters. The number of nitrogens with zero attached hydrogens (tertiary/aromatic N) is 1. The fourth-order valence-corrected chi connectivity index (χ4v) is 2.69. The lowest BCUT2D eigenvalue weighted by Gasteiger charge is -2.23. The molecule has 3 heteroatoms. The lowest BCUT2D eigenvalue weighted by Crippen LogP contribution is -2.30. The van der Waals surface area contributed by atoms with Crippen LogP contribution in [-0.2, 0) is 13.1 Å². The second-order valence-electron chi connectivity index (χ2n) is 6.04. The molecule has 0 radical (unpaired) electrons. The Balaban J connectivity index is 1.87. The van der Waals surface area contributed by atoms with Crippen LogP contribution in [0.2, 0.25) is 0 Å². The molecule has 3 nitrogen and oxygen atoms in total.